The summed E-state index contributed by atoms with van der Waals surface area (Å²) in [6.07, 6.45) is 4.06. The molecule has 1 aromatic carbocycles. The summed E-state index contributed by atoms with van der Waals surface area (Å²) >= 11 is 0. The Morgan fingerprint density at radius 3 is 2.62 bits per heavy atom. The molecule has 1 aliphatic rings. The molecule has 2 heterocycles. The van der Waals surface area contributed by atoms with Gasteiger partial charge < -0.3 is 5.73 Å². The molecule has 128 valence electrons. The van der Waals surface area contributed by atoms with Crippen molar-refractivity contribution in [3.63, 3.8) is 0 Å². The van der Waals surface area contributed by atoms with Crippen LogP contribution >= 0.6 is 0 Å². The zero-order chi connectivity index (χ0) is 17.3. The minimum atomic E-state index is -3.72. The highest BCUT2D eigenvalue weighted by molar-refractivity contribution is 7.89. The molecule has 0 spiro atoms. The molecule has 3 rings (SSSR count). The minimum Gasteiger partial charge on any atom is -0.369 e. The number of nitrogens with zero attached hydrogens (tertiary/aromatic N) is 3. The molecule has 7 nitrogen and oxygen atoms in total. The van der Waals surface area contributed by atoms with Gasteiger partial charge in [-0.05, 0) is 31.9 Å². The monoisotopic (exact) mass is 348 g/mol. The zero-order valence-electron chi connectivity index (χ0n) is 13.4. The predicted molar refractivity (Wildman–Crippen MR) is 88.8 cm³/mol. The molecule has 0 saturated carbocycles. The molecule has 2 atom stereocenters. The number of carbonyl (C=O) groups is 1. The summed E-state index contributed by atoms with van der Waals surface area (Å²) in [5, 5.41) is 4.15. The van der Waals surface area contributed by atoms with Gasteiger partial charge in [0.25, 0.3) is 0 Å². The van der Waals surface area contributed by atoms with Crippen molar-refractivity contribution in [2.45, 2.75) is 30.7 Å². The van der Waals surface area contributed by atoms with E-state index in [1.807, 2.05) is 37.3 Å². The van der Waals surface area contributed by atoms with Crippen LogP contribution < -0.4 is 5.73 Å². The number of piperidine rings is 1. The lowest BCUT2D eigenvalue weighted by molar-refractivity contribution is -0.123. The number of nitrogens with two attached hydrogens (primary N) is 1. The first-order valence-corrected chi connectivity index (χ1v) is 9.25. The number of primary amides is 1. The van der Waals surface area contributed by atoms with Crippen molar-refractivity contribution in [2.24, 2.45) is 11.7 Å². The Morgan fingerprint density at radius 2 is 1.96 bits per heavy atom. The lowest BCUT2D eigenvalue weighted by atomic mass is 9.95. The number of para-hydroxylation sites is 1. The van der Waals surface area contributed by atoms with E-state index in [9.17, 15) is 13.2 Å². The first-order valence-electron chi connectivity index (χ1n) is 7.81. The third kappa shape index (κ3) is 3.07. The Morgan fingerprint density at radius 1 is 1.25 bits per heavy atom. The summed E-state index contributed by atoms with van der Waals surface area (Å²) in [7, 11) is -3.72. The molecule has 0 radical (unpaired) electrons. The van der Waals surface area contributed by atoms with Crippen molar-refractivity contribution in [2.75, 3.05) is 6.54 Å². The van der Waals surface area contributed by atoms with Crippen molar-refractivity contribution < 1.29 is 13.2 Å². The van der Waals surface area contributed by atoms with Crippen molar-refractivity contribution in [1.29, 1.82) is 0 Å². The molecule has 8 heteroatoms. The fourth-order valence-corrected chi connectivity index (χ4v) is 4.58. The van der Waals surface area contributed by atoms with E-state index in [1.54, 1.807) is 0 Å². The third-order valence-corrected chi connectivity index (χ3v) is 6.35. The van der Waals surface area contributed by atoms with Gasteiger partial charge in [0, 0.05) is 12.6 Å². The highest BCUT2D eigenvalue weighted by Crippen LogP contribution is 2.28. The number of sulfonamides is 1. The van der Waals surface area contributed by atoms with Gasteiger partial charge in [-0.15, -0.1) is 0 Å². The maximum Gasteiger partial charge on any atom is 0.246 e. The summed E-state index contributed by atoms with van der Waals surface area (Å²) in [4.78, 5) is 11.6. The van der Waals surface area contributed by atoms with E-state index in [2.05, 4.69) is 5.10 Å². The fraction of sp³-hybridized carbons (Fsp3) is 0.375. The van der Waals surface area contributed by atoms with Crippen molar-refractivity contribution in [3.05, 3.63) is 42.7 Å². The second-order valence-electron chi connectivity index (χ2n) is 6.06. The van der Waals surface area contributed by atoms with E-state index >= 15 is 0 Å². The average Bonchev–Trinajstić information content (AvgIpc) is 3.06. The number of rotatable bonds is 4. The number of aromatic nitrogens is 2. The van der Waals surface area contributed by atoms with E-state index in [-0.39, 0.29) is 17.5 Å². The van der Waals surface area contributed by atoms with Gasteiger partial charge in [-0.3, -0.25) is 4.79 Å². The molecular formula is C16H20N4O3S. The van der Waals surface area contributed by atoms with Crippen LogP contribution in [0, 0.1) is 5.92 Å². The summed E-state index contributed by atoms with van der Waals surface area (Å²) in [6.45, 7) is 1.96. The number of amides is 1. The zero-order valence-corrected chi connectivity index (χ0v) is 14.2. The van der Waals surface area contributed by atoms with Crippen molar-refractivity contribution >= 4 is 15.9 Å². The molecule has 2 aromatic rings. The van der Waals surface area contributed by atoms with E-state index in [0.29, 0.717) is 12.8 Å². The Kier molecular flexibility index (Phi) is 4.42. The van der Waals surface area contributed by atoms with Gasteiger partial charge in [0.15, 0.2) is 0 Å². The fourth-order valence-electron chi connectivity index (χ4n) is 2.94. The van der Waals surface area contributed by atoms with Gasteiger partial charge >= 0.3 is 0 Å². The van der Waals surface area contributed by atoms with Crippen molar-refractivity contribution in [3.8, 4) is 5.69 Å². The lowest BCUT2D eigenvalue weighted by Crippen LogP contribution is -2.48. The highest BCUT2D eigenvalue weighted by atomic mass is 32.2. The van der Waals surface area contributed by atoms with Crippen LogP contribution in [0.4, 0.5) is 0 Å². The molecule has 1 aliphatic heterocycles. The SMILES string of the molecule is C[C@H]1CC[C@H](C(N)=O)CN1S(=O)(=O)c1cnn(-c2ccccc2)c1. The second kappa shape index (κ2) is 6.37. The smallest absolute Gasteiger partial charge is 0.246 e. The third-order valence-electron chi connectivity index (χ3n) is 4.41. The lowest BCUT2D eigenvalue weighted by Gasteiger charge is -2.35. The Labute approximate surface area is 141 Å². The van der Waals surface area contributed by atoms with Crippen LogP contribution in [0.5, 0.6) is 0 Å². The maximum atomic E-state index is 12.9. The van der Waals surface area contributed by atoms with E-state index in [1.165, 1.54) is 21.4 Å². The van der Waals surface area contributed by atoms with Crippen LogP contribution in [-0.4, -0.2) is 41.0 Å². The van der Waals surface area contributed by atoms with Gasteiger partial charge in [0.2, 0.25) is 15.9 Å². The number of benzene rings is 1. The van der Waals surface area contributed by atoms with E-state index in [4.69, 9.17) is 5.73 Å². The van der Waals surface area contributed by atoms with Gasteiger partial charge in [-0.1, -0.05) is 18.2 Å². The molecule has 2 N–H and O–H groups in total. The van der Waals surface area contributed by atoms with Crippen molar-refractivity contribution in [1.82, 2.24) is 14.1 Å². The molecule has 0 unspecified atom stereocenters. The van der Waals surface area contributed by atoms with Crippen LogP contribution in [-0.2, 0) is 14.8 Å². The van der Waals surface area contributed by atoms with Crippen LogP contribution in [0.2, 0.25) is 0 Å². The summed E-state index contributed by atoms with van der Waals surface area (Å²) < 4.78 is 28.7. The topological polar surface area (TPSA) is 98.3 Å². The van der Waals surface area contributed by atoms with Gasteiger partial charge in [0.1, 0.15) is 4.90 Å². The van der Waals surface area contributed by atoms with Gasteiger partial charge in [-0.2, -0.15) is 9.40 Å². The molecule has 24 heavy (non-hydrogen) atoms. The summed E-state index contributed by atoms with van der Waals surface area (Å²) in [6, 6.07) is 9.10. The van der Waals surface area contributed by atoms with E-state index in [0.717, 1.165) is 5.69 Å². The van der Waals surface area contributed by atoms with Crippen LogP contribution in [0.3, 0.4) is 0 Å². The number of carbonyl (C=O) groups excluding carboxylic acids is 1. The Balaban J connectivity index is 1.90. The molecule has 0 aliphatic carbocycles. The average molecular weight is 348 g/mol. The summed E-state index contributed by atoms with van der Waals surface area (Å²) in [5.41, 5.74) is 6.14. The molecular weight excluding hydrogens is 328 g/mol. The van der Waals surface area contributed by atoms with Crippen LogP contribution in [0.1, 0.15) is 19.8 Å². The molecule has 0 bridgehead atoms. The maximum absolute atomic E-state index is 12.9. The van der Waals surface area contributed by atoms with Gasteiger partial charge in [0.05, 0.1) is 24.0 Å². The van der Waals surface area contributed by atoms with Gasteiger partial charge in [-0.25, -0.2) is 13.1 Å². The predicted octanol–water partition coefficient (Wildman–Crippen LogP) is 1.15. The molecule has 1 fully saturated rings. The largest absolute Gasteiger partial charge is 0.369 e. The Bertz CT molecular complexity index is 832. The van der Waals surface area contributed by atoms with Crippen LogP contribution in [0.15, 0.2) is 47.6 Å². The second-order valence-corrected chi connectivity index (χ2v) is 7.95. The normalized spacial score (nSPS) is 22.4. The quantitative estimate of drug-likeness (QED) is 0.896. The highest BCUT2D eigenvalue weighted by Gasteiger charge is 2.37. The Hall–Kier alpha value is -2.19. The number of hydrogen-bond acceptors (Lipinski definition) is 4. The first-order chi connectivity index (χ1) is 11.4. The van der Waals surface area contributed by atoms with E-state index < -0.39 is 21.8 Å². The molecule has 1 aromatic heterocycles. The number of hydrogen-bond donors (Lipinski definition) is 1. The minimum absolute atomic E-state index is 0.114. The molecule has 1 saturated heterocycles. The standard InChI is InChI=1S/C16H20N4O3S/c1-12-7-8-13(16(17)21)10-20(12)24(22,23)15-9-18-19(11-15)14-5-3-2-4-6-14/h2-6,9,11-13H,7-8,10H2,1H3,(H2,17,21)/t12-,13-/m0/s1. The molecule has 1 amide bonds. The van der Waals surface area contributed by atoms with Crippen LogP contribution in [0.25, 0.3) is 5.69 Å². The summed E-state index contributed by atoms with van der Waals surface area (Å²) in [5.74, 6) is -0.901. The first kappa shape index (κ1) is 16.7.